The van der Waals surface area contributed by atoms with Gasteiger partial charge in [0.25, 0.3) is 5.92 Å². The standard InChI is InChI=1S/C11H10BrF3N2O2/c12-7-5-8(13)10(17(18)19)9(6-7)16-3-1-11(14,15)2-4-16/h5-6H,1-4H2. The lowest BCUT2D eigenvalue weighted by molar-refractivity contribution is -0.386. The highest BCUT2D eigenvalue weighted by Crippen LogP contribution is 2.38. The Hall–Kier alpha value is -1.31. The molecule has 1 aliphatic heterocycles. The molecule has 2 rings (SSSR count). The monoisotopic (exact) mass is 338 g/mol. The summed E-state index contributed by atoms with van der Waals surface area (Å²) in [5, 5.41) is 10.9. The van der Waals surface area contributed by atoms with Gasteiger partial charge in [0.05, 0.1) is 4.92 Å². The van der Waals surface area contributed by atoms with E-state index >= 15 is 0 Å². The fourth-order valence-corrected chi connectivity index (χ4v) is 2.47. The van der Waals surface area contributed by atoms with Crippen molar-refractivity contribution < 1.29 is 18.1 Å². The lowest BCUT2D eigenvalue weighted by atomic mass is 10.1. The topological polar surface area (TPSA) is 46.4 Å². The van der Waals surface area contributed by atoms with Crippen molar-refractivity contribution in [3.63, 3.8) is 0 Å². The fraction of sp³-hybridized carbons (Fsp3) is 0.455. The average Bonchev–Trinajstić information content (AvgIpc) is 2.26. The Morgan fingerprint density at radius 1 is 1.32 bits per heavy atom. The maximum absolute atomic E-state index is 13.6. The van der Waals surface area contributed by atoms with Crippen molar-refractivity contribution in [3.8, 4) is 0 Å². The zero-order valence-corrected chi connectivity index (χ0v) is 11.3. The quantitative estimate of drug-likeness (QED) is 0.609. The van der Waals surface area contributed by atoms with Gasteiger partial charge in [-0.25, -0.2) is 8.78 Å². The van der Waals surface area contributed by atoms with Crippen LogP contribution in [-0.4, -0.2) is 23.9 Å². The number of halogens is 4. The highest BCUT2D eigenvalue weighted by molar-refractivity contribution is 9.10. The number of hydrogen-bond acceptors (Lipinski definition) is 3. The minimum Gasteiger partial charge on any atom is -0.365 e. The Balaban J connectivity index is 2.37. The molecule has 0 spiro atoms. The molecule has 1 aromatic rings. The molecule has 4 nitrogen and oxygen atoms in total. The van der Waals surface area contributed by atoms with Gasteiger partial charge >= 0.3 is 5.69 Å². The Morgan fingerprint density at radius 3 is 2.42 bits per heavy atom. The second kappa shape index (κ2) is 4.99. The van der Waals surface area contributed by atoms with Gasteiger partial charge in [0.15, 0.2) is 0 Å². The van der Waals surface area contributed by atoms with E-state index in [1.807, 2.05) is 0 Å². The van der Waals surface area contributed by atoms with Crippen molar-refractivity contribution in [2.45, 2.75) is 18.8 Å². The minimum absolute atomic E-state index is 0.0346. The number of piperidine rings is 1. The summed E-state index contributed by atoms with van der Waals surface area (Å²) in [5.74, 6) is -3.73. The molecule has 0 bridgehead atoms. The number of rotatable bonds is 2. The van der Waals surface area contributed by atoms with Crippen molar-refractivity contribution >= 4 is 27.3 Å². The minimum atomic E-state index is -2.75. The highest BCUT2D eigenvalue weighted by atomic mass is 79.9. The number of alkyl halides is 2. The molecule has 0 atom stereocenters. The zero-order chi connectivity index (χ0) is 14.2. The summed E-state index contributed by atoms with van der Waals surface area (Å²) in [6, 6.07) is 2.37. The van der Waals surface area contributed by atoms with Crippen LogP contribution >= 0.6 is 15.9 Å². The van der Waals surface area contributed by atoms with Gasteiger partial charge in [-0.2, -0.15) is 4.39 Å². The van der Waals surface area contributed by atoms with Crippen molar-refractivity contribution in [1.29, 1.82) is 0 Å². The van der Waals surface area contributed by atoms with E-state index in [4.69, 9.17) is 0 Å². The Kier molecular flexibility index (Phi) is 3.71. The first-order valence-electron chi connectivity index (χ1n) is 5.56. The van der Waals surface area contributed by atoms with Crippen LogP contribution < -0.4 is 4.90 Å². The summed E-state index contributed by atoms with van der Waals surface area (Å²) < 4.78 is 40.1. The van der Waals surface area contributed by atoms with Gasteiger partial charge in [0, 0.05) is 30.4 Å². The van der Waals surface area contributed by atoms with E-state index in [0.717, 1.165) is 6.07 Å². The number of hydrogen-bond donors (Lipinski definition) is 0. The van der Waals surface area contributed by atoms with Gasteiger partial charge in [0.1, 0.15) is 5.69 Å². The molecule has 0 N–H and O–H groups in total. The molecule has 1 aliphatic rings. The molecule has 1 aromatic carbocycles. The molecule has 19 heavy (non-hydrogen) atoms. The fourth-order valence-electron chi connectivity index (χ4n) is 2.05. The van der Waals surface area contributed by atoms with Crippen LogP contribution in [0.2, 0.25) is 0 Å². The molecule has 0 amide bonds. The predicted molar refractivity (Wildman–Crippen MR) is 67.1 cm³/mol. The molecular weight excluding hydrogens is 329 g/mol. The average molecular weight is 339 g/mol. The first kappa shape index (κ1) is 14.1. The van der Waals surface area contributed by atoms with E-state index in [-0.39, 0.29) is 18.8 Å². The number of anilines is 1. The predicted octanol–water partition coefficient (Wildman–Crippen LogP) is 3.73. The Morgan fingerprint density at radius 2 is 1.89 bits per heavy atom. The smallest absolute Gasteiger partial charge is 0.327 e. The molecule has 0 saturated carbocycles. The molecular formula is C11H10BrF3N2O2. The summed E-state index contributed by atoms with van der Waals surface area (Å²) in [4.78, 5) is 11.5. The SMILES string of the molecule is O=[N+]([O-])c1c(F)cc(Br)cc1N1CCC(F)(F)CC1. The van der Waals surface area contributed by atoms with E-state index in [9.17, 15) is 23.3 Å². The summed E-state index contributed by atoms with van der Waals surface area (Å²) >= 11 is 3.05. The van der Waals surface area contributed by atoms with Crippen molar-refractivity contribution in [2.24, 2.45) is 0 Å². The molecule has 1 saturated heterocycles. The van der Waals surface area contributed by atoms with Crippen molar-refractivity contribution in [2.75, 3.05) is 18.0 Å². The van der Waals surface area contributed by atoms with Crippen LogP contribution in [0.4, 0.5) is 24.5 Å². The number of benzene rings is 1. The normalized spacial score (nSPS) is 18.4. The molecule has 0 unspecified atom stereocenters. The number of nitro groups is 1. The second-order valence-corrected chi connectivity index (χ2v) is 5.27. The van der Waals surface area contributed by atoms with Gasteiger partial charge in [0.2, 0.25) is 5.82 Å². The van der Waals surface area contributed by atoms with Gasteiger partial charge in [-0.15, -0.1) is 0 Å². The van der Waals surface area contributed by atoms with E-state index in [0.29, 0.717) is 4.47 Å². The van der Waals surface area contributed by atoms with Crippen molar-refractivity contribution in [3.05, 3.63) is 32.5 Å². The molecule has 1 fully saturated rings. The molecule has 0 radical (unpaired) electrons. The van der Waals surface area contributed by atoms with Gasteiger partial charge in [-0.1, -0.05) is 15.9 Å². The van der Waals surface area contributed by atoms with Crippen LogP contribution in [0.3, 0.4) is 0 Å². The largest absolute Gasteiger partial charge is 0.365 e. The summed E-state index contributed by atoms with van der Waals surface area (Å²) in [6.07, 6.45) is -0.781. The van der Waals surface area contributed by atoms with Crippen LogP contribution in [0.1, 0.15) is 12.8 Å². The van der Waals surface area contributed by atoms with E-state index in [1.165, 1.54) is 11.0 Å². The maximum atomic E-state index is 13.6. The maximum Gasteiger partial charge on any atom is 0.327 e. The molecule has 8 heteroatoms. The Labute approximate surface area is 115 Å². The number of nitro benzene ring substituents is 1. The van der Waals surface area contributed by atoms with E-state index in [2.05, 4.69) is 15.9 Å². The third-order valence-corrected chi connectivity index (χ3v) is 3.48. The first-order valence-corrected chi connectivity index (χ1v) is 6.36. The molecule has 0 aromatic heterocycles. The van der Waals surface area contributed by atoms with Crippen LogP contribution in [0.5, 0.6) is 0 Å². The zero-order valence-electron chi connectivity index (χ0n) is 9.71. The van der Waals surface area contributed by atoms with Gasteiger partial charge < -0.3 is 4.90 Å². The molecule has 0 aliphatic carbocycles. The van der Waals surface area contributed by atoms with Crippen LogP contribution in [-0.2, 0) is 0 Å². The molecule has 1 heterocycles. The van der Waals surface area contributed by atoms with Crippen LogP contribution in [0.15, 0.2) is 16.6 Å². The first-order chi connectivity index (χ1) is 8.80. The van der Waals surface area contributed by atoms with E-state index < -0.39 is 35.2 Å². The van der Waals surface area contributed by atoms with Gasteiger partial charge in [-0.05, 0) is 12.1 Å². The lowest BCUT2D eigenvalue weighted by Gasteiger charge is -2.33. The summed E-state index contributed by atoms with van der Waals surface area (Å²) in [6.45, 7) is -0.0759. The lowest BCUT2D eigenvalue weighted by Crippen LogP contribution is -2.39. The third kappa shape index (κ3) is 2.99. The van der Waals surface area contributed by atoms with Crippen molar-refractivity contribution in [1.82, 2.24) is 0 Å². The highest BCUT2D eigenvalue weighted by Gasteiger charge is 2.36. The summed E-state index contributed by atoms with van der Waals surface area (Å²) in [5.41, 5.74) is -0.638. The number of nitrogens with zero attached hydrogens (tertiary/aromatic N) is 2. The summed E-state index contributed by atoms with van der Waals surface area (Å²) in [7, 11) is 0. The van der Waals surface area contributed by atoms with Crippen LogP contribution in [0.25, 0.3) is 0 Å². The third-order valence-electron chi connectivity index (χ3n) is 3.03. The van der Waals surface area contributed by atoms with Gasteiger partial charge in [-0.3, -0.25) is 10.1 Å². The van der Waals surface area contributed by atoms with Crippen LogP contribution in [0, 0.1) is 15.9 Å². The van der Waals surface area contributed by atoms with E-state index in [1.54, 1.807) is 0 Å². The second-order valence-electron chi connectivity index (χ2n) is 4.36. The molecule has 104 valence electrons. The Bertz CT molecular complexity index is 515.